The molecule has 16 heavy (non-hydrogen) atoms. The van der Waals surface area contributed by atoms with Crippen molar-refractivity contribution in [1.82, 2.24) is 15.1 Å². The van der Waals surface area contributed by atoms with Gasteiger partial charge in [-0.25, -0.2) is 0 Å². The number of hydrogen-bond donors (Lipinski definition) is 2. The predicted octanol–water partition coefficient (Wildman–Crippen LogP) is -0.0188. The Kier molecular flexibility index (Phi) is 5.69. The van der Waals surface area contributed by atoms with Crippen molar-refractivity contribution < 1.29 is 5.11 Å². The minimum absolute atomic E-state index is 0.268. The van der Waals surface area contributed by atoms with Crippen LogP contribution in [-0.4, -0.2) is 73.4 Å². The van der Waals surface area contributed by atoms with Crippen LogP contribution in [0.3, 0.4) is 0 Å². The van der Waals surface area contributed by atoms with Gasteiger partial charge >= 0.3 is 0 Å². The summed E-state index contributed by atoms with van der Waals surface area (Å²) in [6.07, 6.45) is 0.839. The first kappa shape index (κ1) is 13.9. The number of rotatable bonds is 5. The van der Waals surface area contributed by atoms with E-state index in [1.807, 2.05) is 7.05 Å². The van der Waals surface area contributed by atoms with E-state index in [9.17, 15) is 0 Å². The second-order valence-electron chi connectivity index (χ2n) is 5.08. The van der Waals surface area contributed by atoms with Crippen molar-refractivity contribution in [2.24, 2.45) is 0 Å². The maximum Gasteiger partial charge on any atom is 0.0446 e. The summed E-state index contributed by atoms with van der Waals surface area (Å²) < 4.78 is 0. The van der Waals surface area contributed by atoms with Gasteiger partial charge in [0.1, 0.15) is 0 Å². The number of piperazine rings is 1. The van der Waals surface area contributed by atoms with Gasteiger partial charge in [0.25, 0.3) is 0 Å². The van der Waals surface area contributed by atoms with Gasteiger partial charge in [-0.3, -0.25) is 9.80 Å². The Bertz CT molecular complexity index is 189. The molecule has 0 aromatic heterocycles. The van der Waals surface area contributed by atoms with Crippen LogP contribution in [-0.2, 0) is 0 Å². The van der Waals surface area contributed by atoms with Crippen molar-refractivity contribution in [3.05, 3.63) is 0 Å². The van der Waals surface area contributed by atoms with E-state index in [1.54, 1.807) is 0 Å². The van der Waals surface area contributed by atoms with Gasteiger partial charge in [-0.05, 0) is 34.4 Å². The molecular weight excluding hydrogens is 202 g/mol. The minimum Gasteiger partial charge on any atom is -0.396 e. The molecule has 1 aliphatic rings. The summed E-state index contributed by atoms with van der Waals surface area (Å²) in [7, 11) is 4.18. The van der Waals surface area contributed by atoms with Crippen LogP contribution in [0, 0.1) is 0 Å². The van der Waals surface area contributed by atoms with Gasteiger partial charge in [-0.1, -0.05) is 0 Å². The van der Waals surface area contributed by atoms with Crippen molar-refractivity contribution >= 4 is 0 Å². The Morgan fingerprint density at radius 1 is 1.31 bits per heavy atom. The van der Waals surface area contributed by atoms with Crippen LogP contribution in [0.25, 0.3) is 0 Å². The molecule has 0 aliphatic carbocycles. The Labute approximate surface area is 99.6 Å². The lowest BCUT2D eigenvalue weighted by molar-refractivity contribution is 0.0529. The molecule has 0 aromatic rings. The van der Waals surface area contributed by atoms with Gasteiger partial charge < -0.3 is 10.4 Å². The summed E-state index contributed by atoms with van der Waals surface area (Å²) in [5.74, 6) is 0. The molecule has 0 bridgehead atoms. The Balaban J connectivity index is 2.42. The number of nitrogens with zero attached hydrogens (tertiary/aromatic N) is 2. The zero-order valence-corrected chi connectivity index (χ0v) is 11.1. The van der Waals surface area contributed by atoms with Crippen molar-refractivity contribution in [2.45, 2.75) is 38.4 Å². The zero-order valence-electron chi connectivity index (χ0n) is 11.1. The van der Waals surface area contributed by atoms with Gasteiger partial charge in [0.15, 0.2) is 0 Å². The lowest BCUT2D eigenvalue weighted by Crippen LogP contribution is -2.57. The second-order valence-corrected chi connectivity index (χ2v) is 5.08. The predicted molar refractivity (Wildman–Crippen MR) is 67.7 cm³/mol. The van der Waals surface area contributed by atoms with Crippen molar-refractivity contribution in [1.29, 1.82) is 0 Å². The van der Waals surface area contributed by atoms with Crippen LogP contribution in [0.1, 0.15) is 20.3 Å². The molecule has 0 amide bonds. The van der Waals surface area contributed by atoms with Gasteiger partial charge in [-0.15, -0.1) is 0 Å². The number of nitrogens with one attached hydrogen (secondary N) is 1. The zero-order chi connectivity index (χ0) is 12.1. The maximum absolute atomic E-state index is 8.98. The molecule has 0 spiro atoms. The fraction of sp³-hybridized carbons (Fsp3) is 1.00. The van der Waals surface area contributed by atoms with Crippen molar-refractivity contribution in [3.63, 3.8) is 0 Å². The molecule has 4 heteroatoms. The molecule has 2 N–H and O–H groups in total. The molecular formula is C12H27N3O. The fourth-order valence-corrected chi connectivity index (χ4v) is 2.46. The van der Waals surface area contributed by atoms with Crippen LogP contribution < -0.4 is 5.32 Å². The first-order valence-electron chi connectivity index (χ1n) is 6.30. The molecule has 1 heterocycles. The first-order valence-corrected chi connectivity index (χ1v) is 6.30. The molecule has 1 saturated heterocycles. The fourth-order valence-electron chi connectivity index (χ4n) is 2.46. The highest BCUT2D eigenvalue weighted by molar-refractivity contribution is 4.84. The second kappa shape index (κ2) is 6.55. The number of hydrogen-bond acceptors (Lipinski definition) is 4. The lowest BCUT2D eigenvalue weighted by Gasteiger charge is -2.43. The van der Waals surface area contributed by atoms with Gasteiger partial charge in [0.2, 0.25) is 0 Å². The van der Waals surface area contributed by atoms with E-state index < -0.39 is 0 Å². The Morgan fingerprint density at radius 2 is 1.88 bits per heavy atom. The first-order chi connectivity index (χ1) is 7.58. The molecule has 0 radical (unpaired) electrons. The van der Waals surface area contributed by atoms with E-state index in [2.05, 4.69) is 36.0 Å². The van der Waals surface area contributed by atoms with E-state index in [4.69, 9.17) is 5.11 Å². The van der Waals surface area contributed by atoms with Crippen LogP contribution in [0.4, 0.5) is 0 Å². The third-order valence-electron chi connectivity index (χ3n) is 3.80. The molecule has 3 unspecified atom stereocenters. The SMILES string of the molecule is CNC(CCO)CN1CC(C)N(C)C(C)C1. The minimum atomic E-state index is 0.268. The molecule has 96 valence electrons. The summed E-state index contributed by atoms with van der Waals surface area (Å²) >= 11 is 0. The Hall–Kier alpha value is -0.160. The van der Waals surface area contributed by atoms with Crippen molar-refractivity contribution in [2.75, 3.05) is 40.3 Å². The molecule has 1 fully saturated rings. The standard InChI is InChI=1S/C12H27N3O/c1-10-7-15(8-11(2)14(10)4)9-12(13-3)5-6-16/h10-13,16H,5-9H2,1-4H3. The van der Waals surface area contributed by atoms with Gasteiger partial charge in [-0.2, -0.15) is 0 Å². The van der Waals surface area contributed by atoms with Crippen LogP contribution in [0.5, 0.6) is 0 Å². The largest absolute Gasteiger partial charge is 0.396 e. The van der Waals surface area contributed by atoms with E-state index in [1.165, 1.54) is 0 Å². The molecule has 1 rings (SSSR count). The molecule has 3 atom stereocenters. The van der Waals surface area contributed by atoms with Crippen LogP contribution in [0.2, 0.25) is 0 Å². The molecule has 4 nitrogen and oxygen atoms in total. The highest BCUT2D eigenvalue weighted by Gasteiger charge is 2.27. The number of aliphatic hydroxyl groups excluding tert-OH is 1. The summed E-state index contributed by atoms with van der Waals surface area (Å²) in [6.45, 7) is 8.13. The monoisotopic (exact) mass is 229 g/mol. The summed E-state index contributed by atoms with van der Waals surface area (Å²) in [4.78, 5) is 4.95. The van der Waals surface area contributed by atoms with Crippen LogP contribution in [0.15, 0.2) is 0 Å². The van der Waals surface area contributed by atoms with Gasteiger partial charge in [0.05, 0.1) is 0 Å². The molecule has 0 saturated carbocycles. The number of likely N-dealkylation sites (N-methyl/N-ethyl adjacent to an activating group) is 2. The smallest absolute Gasteiger partial charge is 0.0446 e. The summed E-state index contributed by atoms with van der Waals surface area (Å²) in [5.41, 5.74) is 0. The Morgan fingerprint density at radius 3 is 2.31 bits per heavy atom. The van der Waals surface area contributed by atoms with E-state index in [0.717, 1.165) is 26.1 Å². The average molecular weight is 229 g/mol. The van der Waals surface area contributed by atoms with Crippen LogP contribution >= 0.6 is 0 Å². The van der Waals surface area contributed by atoms with E-state index >= 15 is 0 Å². The topological polar surface area (TPSA) is 38.7 Å². The highest BCUT2D eigenvalue weighted by Crippen LogP contribution is 2.13. The quantitative estimate of drug-likeness (QED) is 0.695. The average Bonchev–Trinajstić information content (AvgIpc) is 2.25. The maximum atomic E-state index is 8.98. The summed E-state index contributed by atoms with van der Waals surface area (Å²) in [5, 5.41) is 12.3. The lowest BCUT2D eigenvalue weighted by atomic mass is 10.1. The van der Waals surface area contributed by atoms with Crippen molar-refractivity contribution in [3.8, 4) is 0 Å². The van der Waals surface area contributed by atoms with E-state index in [-0.39, 0.29) is 6.61 Å². The summed E-state index contributed by atoms with van der Waals surface area (Å²) in [6, 6.07) is 1.65. The number of aliphatic hydroxyl groups is 1. The normalized spacial score (nSPS) is 30.6. The highest BCUT2D eigenvalue weighted by atomic mass is 16.3. The third-order valence-corrected chi connectivity index (χ3v) is 3.80. The molecule has 1 aliphatic heterocycles. The van der Waals surface area contributed by atoms with Gasteiger partial charge in [0, 0.05) is 44.4 Å². The molecule has 0 aromatic carbocycles. The third kappa shape index (κ3) is 3.70. The van der Waals surface area contributed by atoms with E-state index in [0.29, 0.717) is 18.1 Å².